The number of carbonyl (C=O) groups is 1. The van der Waals surface area contributed by atoms with E-state index in [1.54, 1.807) is 4.90 Å². The van der Waals surface area contributed by atoms with Crippen molar-refractivity contribution in [1.82, 2.24) is 9.88 Å². The fourth-order valence-corrected chi connectivity index (χ4v) is 4.29. The lowest BCUT2D eigenvalue weighted by Crippen LogP contribution is -2.37. The fourth-order valence-electron chi connectivity index (χ4n) is 2.53. The van der Waals surface area contributed by atoms with Crippen LogP contribution in [-0.2, 0) is 11.2 Å². The Balaban J connectivity index is 1.90. The number of amides is 1. The molecule has 1 amide bonds. The van der Waals surface area contributed by atoms with E-state index in [4.69, 9.17) is 11.6 Å². The van der Waals surface area contributed by atoms with E-state index in [1.165, 1.54) is 11.3 Å². The van der Waals surface area contributed by atoms with Gasteiger partial charge in [0.25, 0.3) is 0 Å². The van der Waals surface area contributed by atoms with Crippen molar-refractivity contribution in [1.29, 1.82) is 0 Å². The maximum atomic E-state index is 13.0. The van der Waals surface area contributed by atoms with Crippen molar-refractivity contribution in [2.45, 2.75) is 6.42 Å². The van der Waals surface area contributed by atoms with E-state index in [9.17, 15) is 4.79 Å². The van der Waals surface area contributed by atoms with Gasteiger partial charge in [-0.15, -0.1) is 0 Å². The molecule has 0 radical (unpaired) electrons. The molecule has 7 heteroatoms. The molecule has 0 bridgehead atoms. The van der Waals surface area contributed by atoms with Gasteiger partial charge in [-0.1, -0.05) is 57.1 Å². The topological polar surface area (TPSA) is 36.4 Å². The molecule has 0 saturated heterocycles. The van der Waals surface area contributed by atoms with Crippen molar-refractivity contribution in [3.63, 3.8) is 0 Å². The smallest absolute Gasteiger partial charge is 0.233 e. The van der Waals surface area contributed by atoms with Crippen LogP contribution < -0.4 is 4.90 Å². The third kappa shape index (κ3) is 4.62. The first-order chi connectivity index (χ1) is 12.4. The Morgan fingerprint density at radius 1 is 1.19 bits per heavy atom. The number of likely N-dealkylation sites (N-methyl/N-ethyl adjacent to an activating group) is 1. The maximum Gasteiger partial charge on any atom is 0.233 e. The Hall–Kier alpha value is -1.47. The van der Waals surface area contributed by atoms with E-state index in [0.717, 1.165) is 31.9 Å². The molecule has 26 heavy (non-hydrogen) atoms. The summed E-state index contributed by atoms with van der Waals surface area (Å²) in [6, 6.07) is 13.4. The molecule has 1 heterocycles. The second-order valence-corrected chi connectivity index (χ2v) is 8.56. The van der Waals surface area contributed by atoms with E-state index >= 15 is 0 Å². The Kier molecular flexibility index (Phi) is 6.29. The van der Waals surface area contributed by atoms with Crippen molar-refractivity contribution < 1.29 is 4.79 Å². The average Bonchev–Trinajstić information content (AvgIpc) is 2.99. The number of carbonyl (C=O) groups excluding carboxylic acids is 1. The first-order valence-corrected chi connectivity index (χ1v) is 10.2. The molecule has 0 aliphatic carbocycles. The van der Waals surface area contributed by atoms with Crippen LogP contribution in [0.15, 0.2) is 46.9 Å². The molecule has 0 unspecified atom stereocenters. The van der Waals surface area contributed by atoms with Crippen molar-refractivity contribution in [2.24, 2.45) is 0 Å². The van der Waals surface area contributed by atoms with Crippen LogP contribution in [-0.4, -0.2) is 43.0 Å². The second-order valence-electron chi connectivity index (χ2n) is 6.23. The molecule has 0 N–H and O–H groups in total. The fraction of sp³-hybridized carbons (Fsp3) is 0.263. The van der Waals surface area contributed by atoms with Crippen molar-refractivity contribution in [3.05, 3.63) is 57.5 Å². The summed E-state index contributed by atoms with van der Waals surface area (Å²) in [7, 11) is 3.98. The van der Waals surface area contributed by atoms with Crippen molar-refractivity contribution in [2.75, 3.05) is 32.1 Å². The summed E-state index contributed by atoms with van der Waals surface area (Å²) in [6.45, 7) is 1.34. The van der Waals surface area contributed by atoms with Gasteiger partial charge in [-0.3, -0.25) is 9.69 Å². The van der Waals surface area contributed by atoms with Crippen molar-refractivity contribution >= 4 is 60.1 Å². The number of rotatable bonds is 6. The van der Waals surface area contributed by atoms with Gasteiger partial charge in [-0.05, 0) is 43.9 Å². The molecule has 4 nitrogen and oxygen atoms in total. The highest BCUT2D eigenvalue weighted by Crippen LogP contribution is 2.31. The molecular weight excluding hydrogens is 434 g/mol. The minimum atomic E-state index is -0.00179. The first kappa shape index (κ1) is 19.3. The predicted octanol–water partition coefficient (Wildman–Crippen LogP) is 4.85. The highest BCUT2D eigenvalue weighted by atomic mass is 79.9. The van der Waals surface area contributed by atoms with E-state index in [-0.39, 0.29) is 12.3 Å². The van der Waals surface area contributed by atoms with Gasteiger partial charge in [-0.2, -0.15) is 0 Å². The summed E-state index contributed by atoms with van der Waals surface area (Å²) in [5, 5.41) is 1.33. The maximum absolute atomic E-state index is 13.0. The monoisotopic (exact) mass is 451 g/mol. The lowest BCUT2D eigenvalue weighted by atomic mass is 10.1. The summed E-state index contributed by atoms with van der Waals surface area (Å²) < 4.78 is 2.05. The molecule has 0 saturated carbocycles. The Labute approximate surface area is 170 Å². The number of hydrogen-bond donors (Lipinski definition) is 0. The van der Waals surface area contributed by atoms with Crippen LogP contribution >= 0.6 is 38.9 Å². The molecule has 136 valence electrons. The van der Waals surface area contributed by atoms with Gasteiger partial charge in [0.15, 0.2) is 5.13 Å². The normalized spacial score (nSPS) is 11.3. The van der Waals surface area contributed by atoms with Crippen LogP contribution in [0.5, 0.6) is 0 Å². The molecule has 3 aromatic rings. The number of thiazole rings is 1. The summed E-state index contributed by atoms with van der Waals surface area (Å²) in [5.74, 6) is -0.00179. The van der Waals surface area contributed by atoms with Crippen LogP contribution in [0.2, 0.25) is 5.02 Å². The summed E-state index contributed by atoms with van der Waals surface area (Å²) in [5.41, 5.74) is 1.73. The van der Waals surface area contributed by atoms with Crippen molar-refractivity contribution in [3.8, 4) is 0 Å². The molecular formula is C19H19BrClN3OS. The third-order valence-electron chi connectivity index (χ3n) is 3.94. The molecule has 0 aliphatic heterocycles. The van der Waals surface area contributed by atoms with Gasteiger partial charge < -0.3 is 4.90 Å². The molecule has 0 atom stereocenters. The average molecular weight is 453 g/mol. The number of hydrogen-bond acceptors (Lipinski definition) is 4. The quantitative estimate of drug-likeness (QED) is 0.536. The molecule has 1 aromatic heterocycles. The summed E-state index contributed by atoms with van der Waals surface area (Å²) in [6.07, 6.45) is 0.257. The largest absolute Gasteiger partial charge is 0.308 e. The van der Waals surface area contributed by atoms with Gasteiger partial charge in [0.05, 0.1) is 16.6 Å². The Bertz CT molecular complexity index is 928. The Morgan fingerprint density at radius 2 is 1.96 bits per heavy atom. The van der Waals surface area contributed by atoms with Gasteiger partial charge in [-0.25, -0.2) is 4.98 Å². The highest BCUT2D eigenvalue weighted by molar-refractivity contribution is 9.10. The number of halogens is 2. The Morgan fingerprint density at radius 3 is 2.69 bits per heavy atom. The lowest BCUT2D eigenvalue weighted by Gasteiger charge is -2.22. The minimum absolute atomic E-state index is 0.00179. The SMILES string of the molecule is CN(C)CCN(C(=O)Cc1ccccc1Cl)c1nc2ccc(Br)cc2s1. The van der Waals surface area contributed by atoms with E-state index in [0.29, 0.717) is 11.6 Å². The van der Waals surface area contributed by atoms with Crippen LogP contribution in [0, 0.1) is 0 Å². The van der Waals surface area contributed by atoms with E-state index < -0.39 is 0 Å². The van der Waals surface area contributed by atoms with Gasteiger partial charge in [0.2, 0.25) is 5.91 Å². The van der Waals surface area contributed by atoms with Gasteiger partial charge >= 0.3 is 0 Å². The highest BCUT2D eigenvalue weighted by Gasteiger charge is 2.21. The third-order valence-corrected chi connectivity index (χ3v) is 5.84. The van der Waals surface area contributed by atoms with Crippen LogP contribution in [0.3, 0.4) is 0 Å². The molecule has 0 spiro atoms. The zero-order valence-corrected chi connectivity index (χ0v) is 17.7. The van der Waals surface area contributed by atoms with E-state index in [2.05, 4.69) is 25.8 Å². The zero-order valence-electron chi connectivity index (χ0n) is 14.6. The van der Waals surface area contributed by atoms with Crippen LogP contribution in [0.1, 0.15) is 5.56 Å². The summed E-state index contributed by atoms with van der Waals surface area (Å²) in [4.78, 5) is 21.5. The number of anilines is 1. The van der Waals surface area contributed by atoms with Gasteiger partial charge in [0.1, 0.15) is 0 Å². The molecule has 0 fully saturated rings. The summed E-state index contributed by atoms with van der Waals surface area (Å²) >= 11 is 11.2. The second kappa shape index (κ2) is 8.48. The van der Waals surface area contributed by atoms with Gasteiger partial charge in [0, 0.05) is 22.6 Å². The number of aromatic nitrogens is 1. The number of fused-ring (bicyclic) bond motifs is 1. The zero-order chi connectivity index (χ0) is 18.7. The lowest BCUT2D eigenvalue weighted by molar-refractivity contribution is -0.118. The van der Waals surface area contributed by atoms with E-state index in [1.807, 2.05) is 56.6 Å². The number of nitrogens with zero attached hydrogens (tertiary/aromatic N) is 3. The minimum Gasteiger partial charge on any atom is -0.308 e. The molecule has 2 aromatic carbocycles. The standard InChI is InChI=1S/C19H19BrClN3OS/c1-23(2)9-10-24(18(25)11-13-5-3-4-6-15(13)21)19-22-16-8-7-14(20)12-17(16)26-19/h3-8,12H,9-11H2,1-2H3. The van der Waals surface area contributed by atoms with Crippen LogP contribution in [0.4, 0.5) is 5.13 Å². The first-order valence-electron chi connectivity index (χ1n) is 8.18. The molecule has 3 rings (SSSR count). The molecule has 0 aliphatic rings. The number of benzene rings is 2. The van der Waals surface area contributed by atoms with Crippen LogP contribution in [0.25, 0.3) is 10.2 Å². The predicted molar refractivity (Wildman–Crippen MR) is 113 cm³/mol.